The Balaban J connectivity index is 2.21. The van der Waals surface area contributed by atoms with Crippen molar-refractivity contribution in [2.45, 2.75) is 0 Å². The number of anilines is 1. The third kappa shape index (κ3) is 1.90. The minimum absolute atomic E-state index is 0.344. The van der Waals surface area contributed by atoms with Gasteiger partial charge < -0.3 is 9.72 Å². The molecule has 0 saturated heterocycles. The number of carbonyl (C=O) groups is 1. The largest absolute Gasteiger partial charge is 0.466 e. The highest BCUT2D eigenvalue weighted by Gasteiger charge is 2.15. The normalized spacial score (nSPS) is 15.0. The maximum atomic E-state index is 11.3. The van der Waals surface area contributed by atoms with E-state index in [2.05, 4.69) is 14.7 Å². The van der Waals surface area contributed by atoms with Crippen LogP contribution in [0, 0.1) is 0 Å². The summed E-state index contributed by atoms with van der Waals surface area (Å²) in [5, 5.41) is 0. The van der Waals surface area contributed by atoms with Crippen LogP contribution in [0.1, 0.15) is 0 Å². The second-order valence-corrected chi connectivity index (χ2v) is 3.06. The number of methoxy groups -OCH3 is 1. The maximum Gasteiger partial charge on any atom is 0.337 e. The molecule has 0 radical (unpaired) electrons. The molecule has 0 aromatic carbocycles. The van der Waals surface area contributed by atoms with E-state index in [1.807, 2.05) is 18.3 Å². The van der Waals surface area contributed by atoms with E-state index in [-0.39, 0.29) is 5.97 Å². The molecule has 5 heteroatoms. The highest BCUT2D eigenvalue weighted by atomic mass is 16.5. The van der Waals surface area contributed by atoms with Crippen molar-refractivity contribution < 1.29 is 9.53 Å². The first kappa shape index (κ1) is 9.51. The van der Waals surface area contributed by atoms with Crippen LogP contribution in [0.5, 0.6) is 0 Å². The zero-order valence-electron chi connectivity index (χ0n) is 8.30. The van der Waals surface area contributed by atoms with Crippen LogP contribution in [0.15, 0.2) is 35.1 Å². The Morgan fingerprint density at radius 3 is 3.20 bits per heavy atom. The highest BCUT2D eigenvalue weighted by molar-refractivity contribution is 5.93. The van der Waals surface area contributed by atoms with Crippen LogP contribution in [0.25, 0.3) is 0 Å². The minimum atomic E-state index is -0.344. The first-order valence-electron chi connectivity index (χ1n) is 4.52. The van der Waals surface area contributed by atoms with Gasteiger partial charge in [0, 0.05) is 12.4 Å². The smallest absolute Gasteiger partial charge is 0.337 e. The van der Waals surface area contributed by atoms with E-state index in [0.717, 1.165) is 5.82 Å². The van der Waals surface area contributed by atoms with Crippen LogP contribution in [0.3, 0.4) is 0 Å². The second kappa shape index (κ2) is 4.00. The molecule has 0 atom stereocenters. The molecule has 2 heterocycles. The lowest BCUT2D eigenvalue weighted by atomic mass is 10.2. The number of hydrogen-bond donors (Lipinski definition) is 1. The minimum Gasteiger partial charge on any atom is -0.466 e. The number of aromatic amines is 1. The van der Waals surface area contributed by atoms with Crippen molar-refractivity contribution in [1.82, 2.24) is 4.98 Å². The quantitative estimate of drug-likeness (QED) is 0.730. The molecule has 0 unspecified atom stereocenters. The summed E-state index contributed by atoms with van der Waals surface area (Å²) < 4.78 is 4.64. The van der Waals surface area contributed by atoms with E-state index < -0.39 is 0 Å². The molecular weight excluding hydrogens is 194 g/mol. The van der Waals surface area contributed by atoms with Crippen molar-refractivity contribution >= 4 is 18.1 Å². The molecule has 0 spiro atoms. The molecule has 5 nitrogen and oxygen atoms in total. The van der Waals surface area contributed by atoms with Gasteiger partial charge in [0.05, 0.1) is 25.6 Å². The van der Waals surface area contributed by atoms with E-state index in [1.165, 1.54) is 7.11 Å². The Morgan fingerprint density at radius 2 is 2.53 bits per heavy atom. The van der Waals surface area contributed by atoms with Crippen LogP contribution < -0.4 is 4.90 Å². The van der Waals surface area contributed by atoms with Gasteiger partial charge in [-0.1, -0.05) is 0 Å². The van der Waals surface area contributed by atoms with Gasteiger partial charge in [-0.05, 0) is 12.1 Å². The Kier molecular flexibility index (Phi) is 2.53. The number of H-pyrrole nitrogens is 1. The van der Waals surface area contributed by atoms with Crippen LogP contribution in [-0.2, 0) is 9.53 Å². The molecule has 78 valence electrons. The number of nitrogens with zero attached hydrogens (tertiary/aromatic N) is 2. The summed E-state index contributed by atoms with van der Waals surface area (Å²) in [6.45, 7) is 0.365. The number of esters is 1. The Hall–Kier alpha value is -2.04. The van der Waals surface area contributed by atoms with Crippen molar-refractivity contribution in [3.05, 3.63) is 30.1 Å². The molecule has 1 aromatic heterocycles. The predicted octanol–water partition coefficient (Wildman–Crippen LogP) is 0.920. The topological polar surface area (TPSA) is 57.7 Å². The highest BCUT2D eigenvalue weighted by Crippen LogP contribution is 2.14. The van der Waals surface area contributed by atoms with Crippen molar-refractivity contribution in [2.24, 2.45) is 4.99 Å². The molecule has 1 aromatic rings. The lowest BCUT2D eigenvalue weighted by Crippen LogP contribution is -2.22. The van der Waals surface area contributed by atoms with Crippen LogP contribution in [-0.4, -0.2) is 30.9 Å². The van der Waals surface area contributed by atoms with Gasteiger partial charge >= 0.3 is 5.97 Å². The fourth-order valence-electron chi connectivity index (χ4n) is 1.33. The Bertz CT molecular complexity index is 406. The van der Waals surface area contributed by atoms with Gasteiger partial charge in [-0.2, -0.15) is 0 Å². The molecular formula is C10H11N3O2. The summed E-state index contributed by atoms with van der Waals surface area (Å²) in [7, 11) is 1.36. The van der Waals surface area contributed by atoms with E-state index in [1.54, 1.807) is 17.4 Å². The molecule has 0 fully saturated rings. The SMILES string of the molecule is COC(=O)C1=CN(c2ccc[nH]2)C=NC1. The average Bonchev–Trinajstić information content (AvgIpc) is 2.82. The van der Waals surface area contributed by atoms with Gasteiger partial charge in [-0.25, -0.2) is 4.79 Å². The van der Waals surface area contributed by atoms with Crippen molar-refractivity contribution in [2.75, 3.05) is 18.6 Å². The number of hydrogen-bond acceptors (Lipinski definition) is 4. The summed E-state index contributed by atoms with van der Waals surface area (Å²) in [5.74, 6) is 0.517. The zero-order chi connectivity index (χ0) is 10.7. The van der Waals surface area contributed by atoms with Crippen LogP contribution >= 0.6 is 0 Å². The molecule has 0 saturated carbocycles. The molecule has 15 heavy (non-hydrogen) atoms. The molecule has 0 amide bonds. The van der Waals surface area contributed by atoms with Gasteiger partial charge in [0.2, 0.25) is 0 Å². The fourth-order valence-corrected chi connectivity index (χ4v) is 1.33. The summed E-state index contributed by atoms with van der Waals surface area (Å²) in [5.41, 5.74) is 0.537. The zero-order valence-corrected chi connectivity index (χ0v) is 8.30. The van der Waals surface area contributed by atoms with Crippen molar-refractivity contribution in [3.8, 4) is 0 Å². The van der Waals surface area contributed by atoms with Crippen molar-refractivity contribution in [1.29, 1.82) is 0 Å². The lowest BCUT2D eigenvalue weighted by molar-refractivity contribution is -0.136. The predicted molar refractivity (Wildman–Crippen MR) is 56.7 cm³/mol. The third-order valence-corrected chi connectivity index (χ3v) is 2.07. The van der Waals surface area contributed by atoms with E-state index in [4.69, 9.17) is 0 Å². The standard InChI is InChI=1S/C10H11N3O2/c1-15-10(14)8-5-11-7-13(6-8)9-3-2-4-12-9/h2-4,6-7,12H,5H2,1H3. The Labute approximate surface area is 87.1 Å². The number of carbonyl (C=O) groups excluding carboxylic acids is 1. The monoisotopic (exact) mass is 205 g/mol. The molecule has 2 rings (SSSR count). The molecule has 0 bridgehead atoms. The fraction of sp³-hybridized carbons (Fsp3) is 0.200. The van der Waals surface area contributed by atoms with Crippen LogP contribution in [0.4, 0.5) is 5.82 Å². The third-order valence-electron chi connectivity index (χ3n) is 2.07. The summed E-state index contributed by atoms with van der Waals surface area (Å²) in [6, 6.07) is 3.77. The van der Waals surface area contributed by atoms with Gasteiger partial charge in [0.15, 0.2) is 0 Å². The van der Waals surface area contributed by atoms with Crippen molar-refractivity contribution in [3.63, 3.8) is 0 Å². The van der Waals surface area contributed by atoms with Gasteiger partial charge in [-0.15, -0.1) is 0 Å². The van der Waals surface area contributed by atoms with Gasteiger partial charge in [0.25, 0.3) is 0 Å². The van der Waals surface area contributed by atoms with E-state index in [0.29, 0.717) is 12.1 Å². The summed E-state index contributed by atoms with van der Waals surface area (Å²) in [6.07, 6.45) is 5.19. The second-order valence-electron chi connectivity index (χ2n) is 3.06. The number of aromatic nitrogens is 1. The van der Waals surface area contributed by atoms with E-state index in [9.17, 15) is 4.79 Å². The maximum absolute atomic E-state index is 11.3. The van der Waals surface area contributed by atoms with Gasteiger partial charge in [0.1, 0.15) is 5.82 Å². The molecule has 0 aliphatic carbocycles. The average molecular weight is 205 g/mol. The molecule has 1 aliphatic heterocycles. The number of rotatable bonds is 2. The number of nitrogens with one attached hydrogen (secondary N) is 1. The van der Waals surface area contributed by atoms with E-state index >= 15 is 0 Å². The summed E-state index contributed by atoms with van der Waals surface area (Å²) >= 11 is 0. The first-order chi connectivity index (χ1) is 7.31. The summed E-state index contributed by atoms with van der Waals surface area (Å²) in [4.78, 5) is 20.1. The number of ether oxygens (including phenoxy) is 1. The number of aliphatic imine (C=N–C) groups is 1. The van der Waals surface area contributed by atoms with Gasteiger partial charge in [-0.3, -0.25) is 9.89 Å². The van der Waals surface area contributed by atoms with Crippen LogP contribution in [0.2, 0.25) is 0 Å². The molecule has 1 N–H and O–H groups in total. The molecule has 1 aliphatic rings. The Morgan fingerprint density at radius 1 is 1.67 bits per heavy atom. The lowest BCUT2D eigenvalue weighted by Gasteiger charge is -2.17. The first-order valence-corrected chi connectivity index (χ1v) is 4.52.